The average molecular weight is 268 g/mol. The van der Waals surface area contributed by atoms with Gasteiger partial charge in [-0.3, -0.25) is 4.98 Å². The molecule has 0 spiro atoms. The highest BCUT2D eigenvalue weighted by Gasteiger charge is 1.98. The lowest BCUT2D eigenvalue weighted by Gasteiger charge is -2.06. The summed E-state index contributed by atoms with van der Waals surface area (Å²) >= 11 is 0. The van der Waals surface area contributed by atoms with E-state index in [1.807, 2.05) is 49.6 Å². The molecule has 2 aromatic rings. The van der Waals surface area contributed by atoms with Crippen LogP contribution in [0, 0.1) is 0 Å². The van der Waals surface area contributed by atoms with Crippen LogP contribution < -0.4 is 10.1 Å². The molecule has 0 aliphatic rings. The van der Waals surface area contributed by atoms with Crippen molar-refractivity contribution >= 4 is 6.08 Å². The van der Waals surface area contributed by atoms with E-state index in [0.717, 1.165) is 23.5 Å². The van der Waals surface area contributed by atoms with Gasteiger partial charge in [-0.1, -0.05) is 30.4 Å². The zero-order chi connectivity index (χ0) is 14.2. The molecule has 0 aliphatic carbocycles. The molecule has 3 nitrogen and oxygen atoms in total. The lowest BCUT2D eigenvalue weighted by molar-refractivity contribution is 0.480. The predicted molar refractivity (Wildman–Crippen MR) is 82.9 cm³/mol. The molecule has 3 heteroatoms. The van der Waals surface area contributed by atoms with Gasteiger partial charge in [0.1, 0.15) is 11.5 Å². The smallest absolute Gasteiger partial charge is 0.146 e. The molecule has 0 aliphatic heterocycles. The van der Waals surface area contributed by atoms with Crippen molar-refractivity contribution in [3.8, 4) is 11.5 Å². The Morgan fingerprint density at radius 2 is 2.00 bits per heavy atom. The fraction of sp³-hybridized carbons (Fsp3) is 0.235. The number of hydrogen-bond donors (Lipinski definition) is 1. The third kappa shape index (κ3) is 4.52. The van der Waals surface area contributed by atoms with Gasteiger partial charge in [0.15, 0.2) is 0 Å². The van der Waals surface area contributed by atoms with Gasteiger partial charge in [-0.15, -0.1) is 0 Å². The van der Waals surface area contributed by atoms with Crippen molar-refractivity contribution in [2.24, 2.45) is 0 Å². The van der Waals surface area contributed by atoms with Crippen LogP contribution in [-0.4, -0.2) is 18.1 Å². The highest BCUT2D eigenvalue weighted by atomic mass is 16.5. The van der Waals surface area contributed by atoms with E-state index < -0.39 is 0 Å². The molecular weight excluding hydrogens is 248 g/mol. The second-order valence-corrected chi connectivity index (χ2v) is 4.70. The first-order chi connectivity index (χ1) is 9.78. The number of nitrogens with zero attached hydrogens (tertiary/aromatic N) is 1. The Kier molecular flexibility index (Phi) is 5.33. The van der Waals surface area contributed by atoms with Crippen LogP contribution in [-0.2, 0) is 0 Å². The summed E-state index contributed by atoms with van der Waals surface area (Å²) in [4.78, 5) is 4.21. The van der Waals surface area contributed by atoms with E-state index in [1.165, 1.54) is 0 Å². The Hall–Kier alpha value is -2.13. The molecule has 0 bridgehead atoms. The van der Waals surface area contributed by atoms with Crippen LogP contribution in [0.4, 0.5) is 0 Å². The summed E-state index contributed by atoms with van der Waals surface area (Å²) in [6.07, 6.45) is 8.75. The van der Waals surface area contributed by atoms with Gasteiger partial charge in [-0.05, 0) is 44.2 Å². The number of pyridine rings is 1. The summed E-state index contributed by atoms with van der Waals surface area (Å²) in [5.41, 5.74) is 1.04. The summed E-state index contributed by atoms with van der Waals surface area (Å²) in [6, 6.07) is 12.2. The van der Waals surface area contributed by atoms with Gasteiger partial charge in [0.05, 0.1) is 6.20 Å². The number of benzene rings is 1. The van der Waals surface area contributed by atoms with E-state index in [2.05, 4.69) is 29.4 Å². The second kappa shape index (κ2) is 7.46. The van der Waals surface area contributed by atoms with E-state index >= 15 is 0 Å². The van der Waals surface area contributed by atoms with E-state index in [-0.39, 0.29) is 0 Å². The highest BCUT2D eigenvalue weighted by molar-refractivity contribution is 5.50. The van der Waals surface area contributed by atoms with Crippen molar-refractivity contribution in [3.05, 3.63) is 60.4 Å². The standard InChI is InChI=1S/C17H20N2O/c1-14(18-2)7-6-8-15-11-17(13-19-12-15)20-16-9-4-3-5-10-16/h3-6,8-14,18H,7H2,1-2H3/b8-6+/t14-/m0/s1. The molecule has 2 rings (SSSR count). The van der Waals surface area contributed by atoms with Crippen molar-refractivity contribution in [1.29, 1.82) is 0 Å². The molecule has 0 fully saturated rings. The van der Waals surface area contributed by atoms with Crippen LogP contribution in [0.25, 0.3) is 6.08 Å². The maximum Gasteiger partial charge on any atom is 0.146 e. The summed E-state index contributed by atoms with van der Waals surface area (Å²) in [5, 5.41) is 3.20. The minimum atomic E-state index is 0.475. The van der Waals surface area contributed by atoms with Crippen molar-refractivity contribution in [1.82, 2.24) is 10.3 Å². The van der Waals surface area contributed by atoms with Gasteiger partial charge in [-0.2, -0.15) is 0 Å². The summed E-state index contributed by atoms with van der Waals surface area (Å²) in [7, 11) is 1.97. The van der Waals surface area contributed by atoms with Crippen molar-refractivity contribution < 1.29 is 4.74 Å². The average Bonchev–Trinajstić information content (AvgIpc) is 2.48. The van der Waals surface area contributed by atoms with Gasteiger partial charge in [-0.25, -0.2) is 0 Å². The number of ether oxygens (including phenoxy) is 1. The van der Waals surface area contributed by atoms with Gasteiger partial charge in [0.25, 0.3) is 0 Å². The molecule has 1 aromatic heterocycles. The molecule has 0 radical (unpaired) electrons. The molecule has 1 heterocycles. The lowest BCUT2D eigenvalue weighted by Crippen LogP contribution is -2.19. The van der Waals surface area contributed by atoms with E-state index in [1.54, 1.807) is 6.20 Å². The van der Waals surface area contributed by atoms with Crippen LogP contribution in [0.5, 0.6) is 11.5 Å². The topological polar surface area (TPSA) is 34.2 Å². The summed E-state index contributed by atoms with van der Waals surface area (Å²) in [5.74, 6) is 1.57. The Morgan fingerprint density at radius 1 is 1.20 bits per heavy atom. The van der Waals surface area contributed by atoms with Gasteiger partial charge in [0, 0.05) is 12.2 Å². The Balaban J connectivity index is 2.01. The Labute approximate surface area is 120 Å². The zero-order valence-corrected chi connectivity index (χ0v) is 11.9. The van der Waals surface area contributed by atoms with Crippen molar-refractivity contribution in [3.63, 3.8) is 0 Å². The van der Waals surface area contributed by atoms with Crippen LogP contribution in [0.1, 0.15) is 18.9 Å². The van der Waals surface area contributed by atoms with E-state index in [4.69, 9.17) is 4.74 Å². The lowest BCUT2D eigenvalue weighted by atomic mass is 10.2. The highest BCUT2D eigenvalue weighted by Crippen LogP contribution is 2.21. The largest absolute Gasteiger partial charge is 0.456 e. The van der Waals surface area contributed by atoms with Crippen LogP contribution in [0.2, 0.25) is 0 Å². The molecule has 1 N–H and O–H groups in total. The SMILES string of the molecule is CN[C@@H](C)C/C=C/c1cncc(Oc2ccccc2)c1. The normalized spacial score (nSPS) is 12.5. The first kappa shape index (κ1) is 14.3. The minimum Gasteiger partial charge on any atom is -0.456 e. The Bertz CT molecular complexity index is 552. The molecule has 0 saturated heterocycles. The predicted octanol–water partition coefficient (Wildman–Crippen LogP) is 3.89. The molecule has 104 valence electrons. The van der Waals surface area contributed by atoms with Gasteiger partial charge < -0.3 is 10.1 Å². The van der Waals surface area contributed by atoms with Crippen molar-refractivity contribution in [2.75, 3.05) is 7.05 Å². The number of nitrogens with one attached hydrogen (secondary N) is 1. The molecule has 0 unspecified atom stereocenters. The van der Waals surface area contributed by atoms with Gasteiger partial charge in [0.2, 0.25) is 0 Å². The summed E-state index contributed by atoms with van der Waals surface area (Å²) in [6.45, 7) is 2.15. The molecule has 1 aromatic carbocycles. The van der Waals surface area contributed by atoms with Crippen LogP contribution in [0.15, 0.2) is 54.9 Å². The third-order valence-electron chi connectivity index (χ3n) is 3.01. The third-order valence-corrected chi connectivity index (χ3v) is 3.01. The second-order valence-electron chi connectivity index (χ2n) is 4.70. The number of aromatic nitrogens is 1. The maximum atomic E-state index is 5.76. The minimum absolute atomic E-state index is 0.475. The monoisotopic (exact) mass is 268 g/mol. The summed E-state index contributed by atoms with van der Waals surface area (Å²) < 4.78 is 5.76. The number of para-hydroxylation sites is 1. The quantitative estimate of drug-likeness (QED) is 0.863. The first-order valence-electron chi connectivity index (χ1n) is 6.79. The molecule has 20 heavy (non-hydrogen) atoms. The van der Waals surface area contributed by atoms with Crippen LogP contribution in [0.3, 0.4) is 0 Å². The first-order valence-corrected chi connectivity index (χ1v) is 6.79. The molecule has 0 saturated carbocycles. The maximum absolute atomic E-state index is 5.76. The number of hydrogen-bond acceptors (Lipinski definition) is 3. The van der Waals surface area contributed by atoms with Crippen LogP contribution >= 0.6 is 0 Å². The fourth-order valence-corrected chi connectivity index (χ4v) is 1.73. The van der Waals surface area contributed by atoms with E-state index in [0.29, 0.717) is 6.04 Å². The molecule has 0 amide bonds. The molecule has 1 atom stereocenters. The Morgan fingerprint density at radius 3 is 2.75 bits per heavy atom. The fourth-order valence-electron chi connectivity index (χ4n) is 1.73. The van der Waals surface area contributed by atoms with E-state index in [9.17, 15) is 0 Å². The van der Waals surface area contributed by atoms with Gasteiger partial charge >= 0.3 is 0 Å². The molecular formula is C17H20N2O. The zero-order valence-electron chi connectivity index (χ0n) is 11.9. The van der Waals surface area contributed by atoms with Crippen molar-refractivity contribution in [2.45, 2.75) is 19.4 Å². The number of rotatable bonds is 6.